The number of benzene rings is 3. The molecule has 1 aliphatic rings. The summed E-state index contributed by atoms with van der Waals surface area (Å²) in [5.41, 5.74) is 1.93. The molecule has 0 spiro atoms. The maximum absolute atomic E-state index is 14.0. The van der Waals surface area contributed by atoms with Crippen LogP contribution in [0.15, 0.2) is 80.1 Å². The van der Waals surface area contributed by atoms with E-state index in [1.54, 1.807) is 63.2 Å². The number of hydrogen-bond acceptors (Lipinski definition) is 11. The summed E-state index contributed by atoms with van der Waals surface area (Å²) in [7, 11) is 1.47. The lowest BCUT2D eigenvalue weighted by molar-refractivity contribution is -0.385. The molecular formula is C32H27BrN4O9S. The van der Waals surface area contributed by atoms with Gasteiger partial charge in [0.25, 0.3) is 16.9 Å². The van der Waals surface area contributed by atoms with E-state index in [0.29, 0.717) is 53.3 Å². The van der Waals surface area contributed by atoms with Gasteiger partial charge in [0.1, 0.15) is 6.61 Å². The minimum atomic E-state index is -1.01. The van der Waals surface area contributed by atoms with Crippen LogP contribution < -0.4 is 24.4 Å². The van der Waals surface area contributed by atoms with Gasteiger partial charge in [0, 0.05) is 23.8 Å². The Hall–Kier alpha value is -5.15. The zero-order valence-electron chi connectivity index (χ0n) is 25.5. The number of esters is 1. The topological polar surface area (TPSA) is 165 Å². The Bertz CT molecular complexity index is 2140. The standard InChI is InChI=1S/C32H27BrN4O9S/c1-5-45-31(39)27-18(3)34-32-35(28(27)21-9-6-17(2)24(15-21)37(42)43)30(38)26(47-32)14-20-12-23(33)29(25(13-20)44-4)46-16-19-7-10-22(11-8-19)36(40)41/h6-15,28H,5,16H2,1-4H3/b26-14+/t28-/m1/s1. The van der Waals surface area contributed by atoms with Gasteiger partial charge in [0.05, 0.1) is 49.9 Å². The Morgan fingerprint density at radius 3 is 2.45 bits per heavy atom. The van der Waals surface area contributed by atoms with Gasteiger partial charge in [-0.25, -0.2) is 9.79 Å². The van der Waals surface area contributed by atoms with E-state index in [-0.39, 0.29) is 30.2 Å². The minimum Gasteiger partial charge on any atom is -0.493 e. The summed E-state index contributed by atoms with van der Waals surface area (Å²) >= 11 is 4.62. The summed E-state index contributed by atoms with van der Waals surface area (Å²) in [5, 5.41) is 22.7. The molecule has 2 heterocycles. The molecule has 0 saturated heterocycles. The number of aryl methyl sites for hydroxylation is 1. The summed E-state index contributed by atoms with van der Waals surface area (Å²) in [5.74, 6) is 0.0833. The Balaban J connectivity index is 1.57. The molecule has 4 aromatic rings. The van der Waals surface area contributed by atoms with E-state index in [2.05, 4.69) is 20.9 Å². The summed E-state index contributed by atoms with van der Waals surface area (Å²) in [6, 6.07) is 13.0. The van der Waals surface area contributed by atoms with Crippen molar-refractivity contribution in [1.29, 1.82) is 0 Å². The highest BCUT2D eigenvalue weighted by Gasteiger charge is 2.34. The van der Waals surface area contributed by atoms with Crippen molar-refractivity contribution in [3.63, 3.8) is 0 Å². The molecule has 0 amide bonds. The molecule has 1 atom stereocenters. The first kappa shape index (κ1) is 33.2. The third-order valence-corrected chi connectivity index (χ3v) is 8.91. The number of carbonyl (C=O) groups is 1. The molecule has 0 N–H and O–H groups in total. The monoisotopic (exact) mass is 722 g/mol. The lowest BCUT2D eigenvalue weighted by Gasteiger charge is -2.24. The summed E-state index contributed by atoms with van der Waals surface area (Å²) in [6.07, 6.45) is 1.65. The Labute approximate surface area is 279 Å². The van der Waals surface area contributed by atoms with Gasteiger partial charge in [0.15, 0.2) is 16.3 Å². The largest absolute Gasteiger partial charge is 0.493 e. The van der Waals surface area contributed by atoms with E-state index in [1.165, 1.54) is 29.9 Å². The van der Waals surface area contributed by atoms with Gasteiger partial charge in [-0.1, -0.05) is 23.5 Å². The first-order valence-corrected chi connectivity index (χ1v) is 15.7. The number of ether oxygens (including phenoxy) is 3. The van der Waals surface area contributed by atoms with E-state index >= 15 is 0 Å². The van der Waals surface area contributed by atoms with Crippen molar-refractivity contribution in [2.75, 3.05) is 13.7 Å². The van der Waals surface area contributed by atoms with E-state index < -0.39 is 27.4 Å². The van der Waals surface area contributed by atoms with Crippen LogP contribution in [0, 0.1) is 27.2 Å². The van der Waals surface area contributed by atoms with Gasteiger partial charge in [0.2, 0.25) is 0 Å². The normalized spacial score (nSPS) is 14.3. The number of non-ortho nitro benzene ring substituents is 1. The predicted octanol–water partition coefficient (Wildman–Crippen LogP) is 5.27. The Morgan fingerprint density at radius 2 is 1.81 bits per heavy atom. The van der Waals surface area contributed by atoms with Crippen molar-refractivity contribution in [2.45, 2.75) is 33.4 Å². The predicted molar refractivity (Wildman–Crippen MR) is 176 cm³/mol. The van der Waals surface area contributed by atoms with Crippen molar-refractivity contribution in [3.05, 3.63) is 133 Å². The zero-order chi connectivity index (χ0) is 34.0. The van der Waals surface area contributed by atoms with E-state index in [0.717, 1.165) is 11.3 Å². The fraction of sp³-hybridized carbons (Fsp3) is 0.219. The van der Waals surface area contributed by atoms with E-state index in [9.17, 15) is 29.8 Å². The molecule has 0 radical (unpaired) electrons. The van der Waals surface area contributed by atoms with E-state index in [1.807, 2.05) is 0 Å². The summed E-state index contributed by atoms with van der Waals surface area (Å²) in [6.45, 7) is 5.11. The van der Waals surface area contributed by atoms with Crippen LogP contribution in [0.25, 0.3) is 6.08 Å². The van der Waals surface area contributed by atoms with Gasteiger partial charge in [-0.05, 0) is 83.7 Å². The van der Waals surface area contributed by atoms with Gasteiger partial charge < -0.3 is 14.2 Å². The highest BCUT2D eigenvalue weighted by molar-refractivity contribution is 9.10. The number of halogens is 1. The molecule has 0 unspecified atom stereocenters. The minimum absolute atomic E-state index is 0.0269. The number of aromatic nitrogens is 1. The maximum atomic E-state index is 14.0. The molecule has 47 heavy (non-hydrogen) atoms. The molecule has 5 rings (SSSR count). The Kier molecular flexibility index (Phi) is 9.67. The molecule has 3 aromatic carbocycles. The van der Waals surface area contributed by atoms with Gasteiger partial charge >= 0.3 is 5.97 Å². The number of nitrogens with zero attached hydrogens (tertiary/aromatic N) is 4. The smallest absolute Gasteiger partial charge is 0.338 e. The number of fused-ring (bicyclic) bond motifs is 1. The average Bonchev–Trinajstić information content (AvgIpc) is 3.33. The van der Waals surface area contributed by atoms with Crippen LogP contribution in [0.2, 0.25) is 0 Å². The second-order valence-corrected chi connectivity index (χ2v) is 12.2. The molecule has 0 aliphatic carbocycles. The van der Waals surface area contributed by atoms with Gasteiger partial charge in [-0.2, -0.15) is 0 Å². The third-order valence-electron chi connectivity index (χ3n) is 7.34. The second-order valence-electron chi connectivity index (χ2n) is 10.4. The number of allylic oxidation sites excluding steroid dienone is 1. The van der Waals surface area contributed by atoms with Crippen LogP contribution in [0.4, 0.5) is 11.4 Å². The number of nitro benzene ring substituents is 2. The summed E-state index contributed by atoms with van der Waals surface area (Å²) < 4.78 is 19.0. The lowest BCUT2D eigenvalue weighted by atomic mass is 9.94. The van der Waals surface area contributed by atoms with Gasteiger partial charge in [-0.15, -0.1) is 0 Å². The van der Waals surface area contributed by atoms with Crippen LogP contribution in [0.1, 0.15) is 42.1 Å². The molecular weight excluding hydrogens is 696 g/mol. The molecule has 13 nitrogen and oxygen atoms in total. The van der Waals surface area contributed by atoms with Crippen molar-refractivity contribution in [3.8, 4) is 11.5 Å². The number of carbonyl (C=O) groups excluding carboxylic acids is 1. The number of methoxy groups -OCH3 is 1. The molecule has 0 bridgehead atoms. The van der Waals surface area contributed by atoms with Crippen molar-refractivity contribution >= 4 is 50.7 Å². The lowest BCUT2D eigenvalue weighted by Crippen LogP contribution is -2.40. The fourth-order valence-corrected chi connectivity index (χ4v) is 6.70. The molecule has 0 fully saturated rings. The van der Waals surface area contributed by atoms with Crippen LogP contribution in [0.5, 0.6) is 11.5 Å². The van der Waals surface area contributed by atoms with Crippen LogP contribution in [-0.4, -0.2) is 34.1 Å². The molecule has 1 aromatic heterocycles. The molecule has 0 saturated carbocycles. The SMILES string of the molecule is CCOC(=O)C1=C(C)N=c2s/c(=C/c3cc(Br)c(OCc4ccc([N+](=O)[O-])cc4)c(OC)c3)c(=O)n2[C@@H]1c1ccc(C)c([N+](=O)[O-])c1. The second kappa shape index (κ2) is 13.7. The number of thiazole rings is 1. The average molecular weight is 724 g/mol. The van der Waals surface area contributed by atoms with Gasteiger partial charge in [-0.3, -0.25) is 29.6 Å². The van der Waals surface area contributed by atoms with Crippen LogP contribution >= 0.6 is 27.3 Å². The van der Waals surface area contributed by atoms with Crippen LogP contribution in [-0.2, 0) is 16.1 Å². The van der Waals surface area contributed by atoms with E-state index in [4.69, 9.17) is 14.2 Å². The maximum Gasteiger partial charge on any atom is 0.338 e. The Morgan fingerprint density at radius 1 is 1.09 bits per heavy atom. The fourth-order valence-electron chi connectivity index (χ4n) is 5.08. The zero-order valence-corrected chi connectivity index (χ0v) is 27.9. The van der Waals surface area contributed by atoms with Crippen molar-refractivity contribution < 1.29 is 28.9 Å². The quantitative estimate of drug-likeness (QED) is 0.120. The van der Waals surface area contributed by atoms with Crippen LogP contribution in [0.3, 0.4) is 0 Å². The molecule has 1 aliphatic heterocycles. The third kappa shape index (κ3) is 6.71. The molecule has 15 heteroatoms. The molecule has 242 valence electrons. The number of hydrogen-bond donors (Lipinski definition) is 0. The number of nitro groups is 2. The highest BCUT2D eigenvalue weighted by atomic mass is 79.9. The van der Waals surface area contributed by atoms with Crippen molar-refractivity contribution in [2.24, 2.45) is 4.99 Å². The summed E-state index contributed by atoms with van der Waals surface area (Å²) in [4.78, 5) is 53.8. The first-order chi connectivity index (χ1) is 22.4. The highest BCUT2D eigenvalue weighted by Crippen LogP contribution is 2.38. The first-order valence-electron chi connectivity index (χ1n) is 14.1. The number of rotatable bonds is 10. The van der Waals surface area contributed by atoms with Crippen molar-refractivity contribution in [1.82, 2.24) is 4.57 Å².